The van der Waals surface area contributed by atoms with Gasteiger partial charge in [-0.1, -0.05) is 30.3 Å². The third kappa shape index (κ3) is 3.59. The normalized spacial score (nSPS) is 22.5. The molecule has 0 saturated carbocycles. The zero-order valence-electron chi connectivity index (χ0n) is 14.0. The maximum atomic E-state index is 12.6. The molecule has 2 N–H and O–H groups in total. The fourth-order valence-electron chi connectivity index (χ4n) is 2.66. The minimum absolute atomic E-state index is 0.257. The molecule has 0 bridgehead atoms. The summed E-state index contributed by atoms with van der Waals surface area (Å²) in [5, 5.41) is 0. The third-order valence-electron chi connectivity index (χ3n) is 3.71. The lowest BCUT2D eigenvalue weighted by atomic mass is 9.99. The molecule has 1 aliphatic heterocycles. The average molecular weight is 306 g/mol. The lowest BCUT2D eigenvalue weighted by Crippen LogP contribution is -2.52. The van der Waals surface area contributed by atoms with Gasteiger partial charge in [0, 0.05) is 0 Å². The Labute approximate surface area is 132 Å². The molecule has 1 amide bonds. The van der Waals surface area contributed by atoms with Crippen molar-refractivity contribution in [3.63, 3.8) is 0 Å². The van der Waals surface area contributed by atoms with E-state index in [-0.39, 0.29) is 12.1 Å². The van der Waals surface area contributed by atoms with Crippen molar-refractivity contribution in [2.45, 2.75) is 58.0 Å². The molecule has 1 fully saturated rings. The van der Waals surface area contributed by atoms with Gasteiger partial charge in [-0.15, -0.1) is 0 Å². The van der Waals surface area contributed by atoms with Gasteiger partial charge < -0.3 is 15.2 Å². The molecule has 0 aromatic heterocycles. The Bertz CT molecular complexity index is 522. The molecule has 1 aromatic carbocycles. The molecule has 5 nitrogen and oxygen atoms in total. The van der Waals surface area contributed by atoms with Crippen LogP contribution < -0.4 is 5.73 Å². The van der Waals surface area contributed by atoms with Gasteiger partial charge in [0.05, 0.1) is 18.7 Å². The largest absolute Gasteiger partial charge is 0.444 e. The zero-order chi connectivity index (χ0) is 16.5. The van der Waals surface area contributed by atoms with Gasteiger partial charge in [0.1, 0.15) is 11.3 Å². The van der Waals surface area contributed by atoms with E-state index in [0.29, 0.717) is 6.61 Å². The molecule has 122 valence electrons. The van der Waals surface area contributed by atoms with Crippen molar-refractivity contribution in [2.24, 2.45) is 5.73 Å². The number of carbonyl (C=O) groups is 1. The Balaban J connectivity index is 2.25. The first kappa shape index (κ1) is 16.8. The molecule has 0 spiro atoms. The van der Waals surface area contributed by atoms with Crippen LogP contribution in [0.5, 0.6) is 0 Å². The summed E-state index contributed by atoms with van der Waals surface area (Å²) in [4.78, 5) is 14.2. The molecule has 1 aromatic rings. The second-order valence-corrected chi connectivity index (χ2v) is 7.11. The van der Waals surface area contributed by atoms with Crippen molar-refractivity contribution in [3.05, 3.63) is 35.9 Å². The zero-order valence-corrected chi connectivity index (χ0v) is 14.0. The number of rotatable bonds is 2. The van der Waals surface area contributed by atoms with Gasteiger partial charge in [-0.3, -0.25) is 4.90 Å². The van der Waals surface area contributed by atoms with E-state index in [4.69, 9.17) is 15.2 Å². The van der Waals surface area contributed by atoms with Crippen LogP contribution in [0.4, 0.5) is 4.79 Å². The summed E-state index contributed by atoms with van der Waals surface area (Å²) in [6, 6.07) is 9.16. The average Bonchev–Trinajstić information content (AvgIpc) is 2.72. The van der Waals surface area contributed by atoms with Gasteiger partial charge in [0.2, 0.25) is 0 Å². The van der Waals surface area contributed by atoms with E-state index in [1.165, 1.54) is 0 Å². The first-order chi connectivity index (χ1) is 10.1. The van der Waals surface area contributed by atoms with Crippen molar-refractivity contribution in [2.75, 3.05) is 6.61 Å². The summed E-state index contributed by atoms with van der Waals surface area (Å²) in [5.41, 5.74) is 6.06. The van der Waals surface area contributed by atoms with Gasteiger partial charge in [-0.25, -0.2) is 4.79 Å². The molecule has 2 unspecified atom stereocenters. The van der Waals surface area contributed by atoms with Crippen LogP contribution in [0.2, 0.25) is 0 Å². The molecule has 5 heteroatoms. The van der Waals surface area contributed by atoms with E-state index in [2.05, 4.69) is 0 Å². The maximum Gasteiger partial charge on any atom is 0.412 e. The fraction of sp³-hybridized carbons (Fsp3) is 0.588. The third-order valence-corrected chi connectivity index (χ3v) is 3.71. The number of carbonyl (C=O) groups excluding carboxylic acids is 1. The van der Waals surface area contributed by atoms with Crippen molar-refractivity contribution in [1.82, 2.24) is 4.90 Å². The first-order valence-corrected chi connectivity index (χ1v) is 7.58. The Kier molecular flexibility index (Phi) is 4.49. The number of nitrogens with two attached hydrogens (primary N) is 1. The van der Waals surface area contributed by atoms with Gasteiger partial charge in [-0.05, 0) is 40.2 Å². The second-order valence-electron chi connectivity index (χ2n) is 7.11. The lowest BCUT2D eigenvalue weighted by molar-refractivity contribution is -0.0632. The number of hydrogen-bond donors (Lipinski definition) is 1. The van der Waals surface area contributed by atoms with Crippen LogP contribution in [0.15, 0.2) is 30.3 Å². The summed E-state index contributed by atoms with van der Waals surface area (Å²) in [6.45, 7) is 9.65. The van der Waals surface area contributed by atoms with E-state index in [1.54, 1.807) is 4.90 Å². The van der Waals surface area contributed by atoms with E-state index in [0.717, 1.165) is 5.56 Å². The monoisotopic (exact) mass is 306 g/mol. The minimum atomic E-state index is -0.737. The number of ether oxygens (including phenoxy) is 2. The molecular weight excluding hydrogens is 280 g/mol. The maximum absolute atomic E-state index is 12.6. The summed E-state index contributed by atoms with van der Waals surface area (Å²) in [6.07, 6.45) is -0.397. The quantitative estimate of drug-likeness (QED) is 0.912. The van der Waals surface area contributed by atoms with Crippen LogP contribution in [0.1, 0.15) is 46.2 Å². The highest BCUT2D eigenvalue weighted by atomic mass is 16.6. The van der Waals surface area contributed by atoms with Crippen molar-refractivity contribution in [1.29, 1.82) is 0 Å². The lowest BCUT2D eigenvalue weighted by Gasteiger charge is -2.36. The summed E-state index contributed by atoms with van der Waals surface area (Å²) < 4.78 is 11.3. The highest BCUT2D eigenvalue weighted by Gasteiger charge is 2.48. The van der Waals surface area contributed by atoms with Crippen molar-refractivity contribution in [3.8, 4) is 0 Å². The Hall–Kier alpha value is -1.59. The Morgan fingerprint density at radius 3 is 2.50 bits per heavy atom. The molecule has 0 aliphatic carbocycles. The van der Waals surface area contributed by atoms with Crippen LogP contribution >= 0.6 is 0 Å². The molecular formula is C17H26N2O3. The van der Waals surface area contributed by atoms with E-state index in [9.17, 15) is 4.79 Å². The SMILES string of the molecule is CC(C)(C)OC(=O)N1C(C(N)c2ccccc2)COC1(C)C. The van der Waals surface area contributed by atoms with E-state index in [1.807, 2.05) is 65.0 Å². The fourth-order valence-corrected chi connectivity index (χ4v) is 2.66. The summed E-state index contributed by atoms with van der Waals surface area (Å²) in [7, 11) is 0. The van der Waals surface area contributed by atoms with Crippen molar-refractivity contribution < 1.29 is 14.3 Å². The molecule has 1 heterocycles. The number of nitrogens with zero attached hydrogens (tertiary/aromatic N) is 1. The highest BCUT2D eigenvalue weighted by molar-refractivity contribution is 5.70. The summed E-state index contributed by atoms with van der Waals surface area (Å²) in [5.74, 6) is 0. The molecule has 2 rings (SSSR count). The van der Waals surface area contributed by atoms with Crippen LogP contribution in [0, 0.1) is 0 Å². The van der Waals surface area contributed by atoms with Crippen LogP contribution in [0.25, 0.3) is 0 Å². The second kappa shape index (κ2) is 5.89. The number of amides is 1. The number of benzene rings is 1. The van der Waals surface area contributed by atoms with Gasteiger partial charge >= 0.3 is 6.09 Å². The summed E-state index contributed by atoms with van der Waals surface area (Å²) >= 11 is 0. The molecule has 22 heavy (non-hydrogen) atoms. The molecule has 2 atom stereocenters. The molecule has 0 radical (unpaired) electrons. The smallest absolute Gasteiger partial charge is 0.412 e. The minimum Gasteiger partial charge on any atom is -0.444 e. The van der Waals surface area contributed by atoms with Gasteiger partial charge in [0.25, 0.3) is 0 Å². The highest BCUT2D eigenvalue weighted by Crippen LogP contribution is 2.34. The topological polar surface area (TPSA) is 64.8 Å². The number of hydrogen-bond acceptors (Lipinski definition) is 4. The van der Waals surface area contributed by atoms with Gasteiger partial charge in [-0.2, -0.15) is 0 Å². The van der Waals surface area contributed by atoms with Gasteiger partial charge in [0.15, 0.2) is 0 Å². The molecule has 1 saturated heterocycles. The van der Waals surface area contributed by atoms with Crippen molar-refractivity contribution >= 4 is 6.09 Å². The standard InChI is InChI=1S/C17H26N2O3/c1-16(2,3)22-15(20)19-13(11-21-17(19,4)5)14(18)12-9-7-6-8-10-12/h6-10,13-14H,11,18H2,1-5H3. The predicted molar refractivity (Wildman–Crippen MR) is 85.3 cm³/mol. The Morgan fingerprint density at radius 1 is 1.36 bits per heavy atom. The Morgan fingerprint density at radius 2 is 1.95 bits per heavy atom. The van der Waals surface area contributed by atoms with Crippen LogP contribution in [0.3, 0.4) is 0 Å². The molecule has 1 aliphatic rings. The van der Waals surface area contributed by atoms with Crippen LogP contribution in [-0.4, -0.2) is 35.0 Å². The van der Waals surface area contributed by atoms with Crippen LogP contribution in [-0.2, 0) is 9.47 Å². The first-order valence-electron chi connectivity index (χ1n) is 7.58. The predicted octanol–water partition coefficient (Wildman–Crippen LogP) is 3.06. The van der Waals surface area contributed by atoms with E-state index < -0.39 is 17.4 Å². The van der Waals surface area contributed by atoms with E-state index >= 15 is 0 Å².